The molecule has 1 saturated carbocycles. The monoisotopic (exact) mass is 610 g/mol. The summed E-state index contributed by atoms with van der Waals surface area (Å²) in [5.74, 6) is -1.64. The Hall–Kier alpha value is -4.92. The molecule has 0 atom stereocenters. The van der Waals surface area contributed by atoms with Crippen molar-refractivity contribution in [2.75, 3.05) is 61.1 Å². The third-order valence-electron chi connectivity index (χ3n) is 10.8. The van der Waals surface area contributed by atoms with Crippen molar-refractivity contribution in [3.63, 3.8) is 0 Å². The molecule has 0 bridgehead atoms. The lowest BCUT2D eigenvalue weighted by Crippen LogP contribution is -2.63. The van der Waals surface area contributed by atoms with Gasteiger partial charge in [-0.25, -0.2) is 0 Å². The Morgan fingerprint density at radius 2 is 0.870 bits per heavy atom. The van der Waals surface area contributed by atoms with E-state index in [9.17, 15) is 20.4 Å². The van der Waals surface area contributed by atoms with E-state index in [0.29, 0.717) is 35.2 Å². The molecule has 0 unspecified atom stereocenters. The van der Waals surface area contributed by atoms with Crippen LogP contribution >= 0.6 is 0 Å². The predicted octanol–water partition coefficient (Wildman–Crippen LogP) is 4.74. The van der Waals surface area contributed by atoms with Crippen LogP contribution in [0.25, 0.3) is 43.1 Å². The van der Waals surface area contributed by atoms with E-state index in [1.54, 1.807) is 12.1 Å². The number of rotatable bonds is 2. The molecule has 2 heterocycles. The first-order valence-electron chi connectivity index (χ1n) is 15.8. The van der Waals surface area contributed by atoms with Crippen molar-refractivity contribution in [3.8, 4) is 11.5 Å². The molecule has 2 N–H and O–H groups in total. The summed E-state index contributed by atoms with van der Waals surface area (Å²) in [6, 6.07) is 22.9. The van der Waals surface area contributed by atoms with Gasteiger partial charge in [-0.05, 0) is 58.0 Å². The molecule has 0 aromatic heterocycles. The van der Waals surface area contributed by atoms with Crippen molar-refractivity contribution in [1.82, 2.24) is 0 Å². The minimum atomic E-state index is -1.29. The third kappa shape index (κ3) is 3.30. The van der Waals surface area contributed by atoms with Crippen molar-refractivity contribution >= 4 is 65.8 Å². The number of fused-ring (bicyclic) bond motifs is 4. The number of benzene rings is 6. The first kappa shape index (κ1) is 27.4. The van der Waals surface area contributed by atoms with Gasteiger partial charge in [-0.3, -0.25) is 0 Å². The van der Waals surface area contributed by atoms with Crippen LogP contribution in [0.15, 0.2) is 72.8 Å². The Bertz CT molecular complexity index is 2120. The van der Waals surface area contributed by atoms with Crippen LogP contribution in [0.4, 0.5) is 22.7 Å². The van der Waals surface area contributed by atoms with Crippen molar-refractivity contribution in [1.29, 1.82) is 0 Å². The zero-order valence-corrected chi connectivity index (χ0v) is 26.2. The molecule has 232 valence electrons. The number of anilines is 4. The number of aromatic hydroxyl groups is 2. The molecule has 8 nitrogen and oxygen atoms in total. The molecule has 1 aliphatic carbocycles. The van der Waals surface area contributed by atoms with E-state index in [1.165, 1.54) is 0 Å². The number of phenols is 2. The van der Waals surface area contributed by atoms with Gasteiger partial charge in [-0.15, -0.1) is 12.2 Å². The fourth-order valence-electron chi connectivity index (χ4n) is 8.99. The van der Waals surface area contributed by atoms with E-state index >= 15 is 0 Å². The minimum absolute atomic E-state index is 0.0713. The molecule has 0 radical (unpaired) electrons. The quantitative estimate of drug-likeness (QED) is 0.272. The van der Waals surface area contributed by atoms with E-state index in [1.807, 2.05) is 76.7 Å². The second-order valence-corrected chi connectivity index (χ2v) is 13.4. The average molecular weight is 611 g/mol. The lowest BCUT2D eigenvalue weighted by atomic mass is 9.60. The Morgan fingerprint density at radius 1 is 0.500 bits per heavy atom. The third-order valence-corrected chi connectivity index (χ3v) is 10.8. The normalized spacial score (nSPS) is 22.4. The molecule has 9 rings (SSSR count). The van der Waals surface area contributed by atoms with Crippen LogP contribution in [-0.4, -0.2) is 63.9 Å². The van der Waals surface area contributed by atoms with Crippen molar-refractivity contribution in [2.45, 2.75) is 24.0 Å². The van der Waals surface area contributed by atoms with E-state index in [-0.39, 0.29) is 11.5 Å². The Kier molecular flexibility index (Phi) is 5.55. The summed E-state index contributed by atoms with van der Waals surface area (Å²) in [5.41, 5.74) is 5.31. The molecule has 0 saturated heterocycles. The lowest BCUT2D eigenvalue weighted by Gasteiger charge is -2.62. The second-order valence-electron chi connectivity index (χ2n) is 13.4. The summed E-state index contributed by atoms with van der Waals surface area (Å²) in [5, 5.41) is 58.8. The molecule has 0 amide bonds. The molecular weight excluding hydrogens is 576 g/mol. The molecule has 6 aromatic rings. The van der Waals surface area contributed by atoms with Crippen LogP contribution in [0.3, 0.4) is 0 Å². The highest BCUT2D eigenvalue weighted by atomic mass is 16.3. The van der Waals surface area contributed by atoms with Gasteiger partial charge in [-0.1, -0.05) is 48.5 Å². The maximum absolute atomic E-state index is 14.8. The van der Waals surface area contributed by atoms with Crippen molar-refractivity contribution < 1.29 is 20.4 Å². The maximum atomic E-state index is 14.8. The number of hydrogen-bond donors (Lipinski definition) is 2. The fourth-order valence-corrected chi connectivity index (χ4v) is 8.99. The molecule has 46 heavy (non-hydrogen) atoms. The Balaban J connectivity index is 1.32. The Labute approximate surface area is 266 Å². The van der Waals surface area contributed by atoms with Gasteiger partial charge in [0.15, 0.2) is 0 Å². The van der Waals surface area contributed by atoms with Gasteiger partial charge in [0.1, 0.15) is 11.5 Å². The number of hydrogen-bond acceptors (Lipinski definition) is 8. The molecule has 1 fully saturated rings. The first-order valence-corrected chi connectivity index (χ1v) is 15.8. The van der Waals surface area contributed by atoms with Gasteiger partial charge < -0.3 is 40.0 Å². The van der Waals surface area contributed by atoms with Gasteiger partial charge in [0, 0.05) is 71.9 Å². The van der Waals surface area contributed by atoms with Crippen LogP contribution < -0.4 is 29.8 Å². The van der Waals surface area contributed by atoms with Crippen LogP contribution in [0.5, 0.6) is 11.5 Å². The van der Waals surface area contributed by atoms with Crippen LogP contribution in [0.1, 0.15) is 23.0 Å². The summed E-state index contributed by atoms with van der Waals surface area (Å²) >= 11 is 0. The fraction of sp³-hybridized carbons (Fsp3) is 0.263. The number of phenolic OH excluding ortho intramolecular Hbond substituents is 2. The largest absolute Gasteiger partial charge is 0.851 e. The summed E-state index contributed by atoms with van der Waals surface area (Å²) in [6.45, 7) is 1.34. The van der Waals surface area contributed by atoms with E-state index in [2.05, 4.69) is 31.7 Å². The summed E-state index contributed by atoms with van der Waals surface area (Å²) in [4.78, 5) is 8.65. The molecular formula is C38H34N4O4-2. The zero-order valence-electron chi connectivity index (χ0n) is 26.2. The van der Waals surface area contributed by atoms with E-state index in [0.717, 1.165) is 55.1 Å². The second kappa shape index (κ2) is 9.31. The summed E-state index contributed by atoms with van der Waals surface area (Å²) in [6.07, 6.45) is -2.58. The smallest absolute Gasteiger partial charge is 0.123 e. The SMILES string of the molecule is CN1CN(C)c2c3cccc(O)c3c(C3C([O-])C(c4c5cccc6c5c(c5cccc(O)c45)N(C)CN6C)C3[O-])c3cccc1c23. The Morgan fingerprint density at radius 3 is 1.28 bits per heavy atom. The average Bonchev–Trinajstić information content (AvgIpc) is 3.03. The molecule has 3 aliphatic rings. The van der Waals surface area contributed by atoms with E-state index in [4.69, 9.17) is 0 Å². The van der Waals surface area contributed by atoms with Gasteiger partial charge >= 0.3 is 0 Å². The minimum Gasteiger partial charge on any atom is -0.851 e. The highest BCUT2D eigenvalue weighted by Crippen LogP contribution is 2.58. The van der Waals surface area contributed by atoms with Gasteiger partial charge in [0.2, 0.25) is 0 Å². The van der Waals surface area contributed by atoms with Crippen LogP contribution in [0.2, 0.25) is 0 Å². The van der Waals surface area contributed by atoms with Crippen LogP contribution in [0, 0.1) is 0 Å². The predicted molar refractivity (Wildman–Crippen MR) is 183 cm³/mol. The molecule has 0 spiro atoms. The van der Waals surface area contributed by atoms with Gasteiger partial charge in [-0.2, -0.15) is 0 Å². The molecule has 6 aromatic carbocycles. The first-order chi connectivity index (χ1) is 22.2. The topological polar surface area (TPSA) is 99.5 Å². The molecule has 2 aliphatic heterocycles. The summed E-state index contributed by atoms with van der Waals surface area (Å²) < 4.78 is 0. The number of nitrogens with zero attached hydrogens (tertiary/aromatic N) is 4. The van der Waals surface area contributed by atoms with Crippen LogP contribution in [-0.2, 0) is 0 Å². The highest BCUT2D eigenvalue weighted by Gasteiger charge is 2.43. The summed E-state index contributed by atoms with van der Waals surface area (Å²) in [7, 11) is 8.13. The lowest BCUT2D eigenvalue weighted by molar-refractivity contribution is -0.535. The van der Waals surface area contributed by atoms with Gasteiger partial charge in [0.05, 0.1) is 24.7 Å². The zero-order chi connectivity index (χ0) is 31.8. The highest BCUT2D eigenvalue weighted by molar-refractivity contribution is 6.22. The van der Waals surface area contributed by atoms with E-state index < -0.39 is 24.0 Å². The molecule has 8 heteroatoms. The maximum Gasteiger partial charge on any atom is 0.123 e. The standard InChI is InChI=1S/C38H34N4O4/c1-39-17-41(3)35-21-11-7-15-25(43)29(21)31(19-9-5-13-23(39)27(19)35)33-37(45)34(38(33)46)32-20-10-6-14-24-28(20)36(42(4)18-40(24)2)22-12-8-16-26(44)30(22)32/h5-16,33-34,37-38,43-44H,17-18H2,1-4H3/q-2. The van der Waals surface area contributed by atoms with Crippen molar-refractivity contribution in [3.05, 3.63) is 83.9 Å². The van der Waals surface area contributed by atoms with Crippen molar-refractivity contribution in [2.24, 2.45) is 0 Å². The van der Waals surface area contributed by atoms with Gasteiger partial charge in [0.25, 0.3) is 0 Å².